The number of para-hydroxylation sites is 1. The largest absolute Gasteiger partial charge is 0.459 e. The number of esters is 1. The predicted octanol–water partition coefficient (Wildman–Crippen LogP) is 4.04. The van der Waals surface area contributed by atoms with Crippen molar-refractivity contribution >= 4 is 22.8 Å². The number of aryl methyl sites for hydroxylation is 2. The molecule has 0 aliphatic heterocycles. The number of carbonyl (C=O) groups excluding carboxylic acids is 2. The van der Waals surface area contributed by atoms with Crippen LogP contribution in [0, 0.1) is 13.8 Å². The van der Waals surface area contributed by atoms with Gasteiger partial charge in [0.25, 0.3) is 5.91 Å². The third-order valence-electron chi connectivity index (χ3n) is 4.79. The zero-order valence-corrected chi connectivity index (χ0v) is 16.8. The number of benzene rings is 1. The number of aromatic amines is 2. The lowest BCUT2D eigenvalue weighted by Gasteiger charge is -2.08. The lowest BCUT2D eigenvalue weighted by molar-refractivity contribution is 0.0376. The molecule has 0 atom stereocenters. The van der Waals surface area contributed by atoms with E-state index in [1.807, 2.05) is 18.3 Å². The first-order chi connectivity index (χ1) is 13.4. The molecule has 0 radical (unpaired) electrons. The molecule has 2 heterocycles. The summed E-state index contributed by atoms with van der Waals surface area (Å²) in [6, 6.07) is 8.19. The Bertz CT molecular complexity index is 998. The van der Waals surface area contributed by atoms with E-state index in [0.29, 0.717) is 29.1 Å². The maximum Gasteiger partial charge on any atom is 0.340 e. The molecule has 0 bridgehead atoms. The van der Waals surface area contributed by atoms with Crippen molar-refractivity contribution in [3.63, 3.8) is 0 Å². The van der Waals surface area contributed by atoms with Crippen molar-refractivity contribution in [1.29, 1.82) is 0 Å². The first-order valence-corrected chi connectivity index (χ1v) is 9.61. The van der Waals surface area contributed by atoms with E-state index in [9.17, 15) is 9.59 Å². The third kappa shape index (κ3) is 4.11. The molecule has 1 aromatic carbocycles. The van der Waals surface area contributed by atoms with Gasteiger partial charge in [0.1, 0.15) is 5.69 Å². The maximum absolute atomic E-state index is 12.5. The van der Waals surface area contributed by atoms with Crippen LogP contribution < -0.4 is 5.32 Å². The van der Waals surface area contributed by atoms with E-state index in [4.69, 9.17) is 4.74 Å². The summed E-state index contributed by atoms with van der Waals surface area (Å²) in [4.78, 5) is 31.1. The molecule has 0 unspecified atom stereocenters. The SMILES string of the molecule is Cc1[nH]c(C(=O)NCCCc2c[nH]c3ccccc23)c(C)c1C(=O)OC(C)C. The number of H-pyrrole nitrogens is 2. The first kappa shape index (κ1) is 19.7. The number of nitrogens with one attached hydrogen (secondary N) is 3. The van der Waals surface area contributed by atoms with Crippen molar-refractivity contribution in [2.45, 2.75) is 46.6 Å². The number of carbonyl (C=O) groups is 2. The van der Waals surface area contributed by atoms with Gasteiger partial charge in [0.2, 0.25) is 0 Å². The molecule has 6 nitrogen and oxygen atoms in total. The van der Waals surface area contributed by atoms with Gasteiger partial charge >= 0.3 is 5.97 Å². The van der Waals surface area contributed by atoms with Gasteiger partial charge in [0.15, 0.2) is 0 Å². The molecule has 0 spiro atoms. The standard InChI is InChI=1S/C22H27N3O3/c1-13(2)28-22(27)19-14(3)20(25-15(19)4)21(26)23-11-7-8-16-12-24-18-10-6-5-9-17(16)18/h5-6,9-10,12-13,24-25H,7-8,11H2,1-4H3,(H,23,26). The Kier molecular flexibility index (Phi) is 5.87. The minimum absolute atomic E-state index is 0.205. The van der Waals surface area contributed by atoms with Crippen LogP contribution in [0.3, 0.4) is 0 Å². The van der Waals surface area contributed by atoms with Crippen LogP contribution in [0.2, 0.25) is 0 Å². The molecule has 148 valence electrons. The van der Waals surface area contributed by atoms with Crippen LogP contribution in [0.15, 0.2) is 30.5 Å². The maximum atomic E-state index is 12.5. The summed E-state index contributed by atoms with van der Waals surface area (Å²) < 4.78 is 5.27. The fourth-order valence-electron chi connectivity index (χ4n) is 3.46. The lowest BCUT2D eigenvalue weighted by Crippen LogP contribution is -2.26. The number of aromatic nitrogens is 2. The summed E-state index contributed by atoms with van der Waals surface area (Å²) in [5.41, 5.74) is 4.50. The topological polar surface area (TPSA) is 87.0 Å². The van der Waals surface area contributed by atoms with Crippen LogP contribution >= 0.6 is 0 Å². The van der Waals surface area contributed by atoms with E-state index in [2.05, 4.69) is 27.4 Å². The quantitative estimate of drug-likeness (QED) is 0.426. The van der Waals surface area contributed by atoms with E-state index >= 15 is 0 Å². The van der Waals surface area contributed by atoms with Gasteiger partial charge in [-0.15, -0.1) is 0 Å². The molecule has 6 heteroatoms. The Morgan fingerprint density at radius 2 is 1.93 bits per heavy atom. The van der Waals surface area contributed by atoms with Crippen molar-refractivity contribution in [3.8, 4) is 0 Å². The van der Waals surface area contributed by atoms with E-state index in [1.165, 1.54) is 10.9 Å². The molecule has 0 fully saturated rings. The van der Waals surface area contributed by atoms with Gasteiger partial charge in [-0.1, -0.05) is 18.2 Å². The van der Waals surface area contributed by atoms with Crippen molar-refractivity contribution in [2.24, 2.45) is 0 Å². The average molecular weight is 381 g/mol. The van der Waals surface area contributed by atoms with Crippen LogP contribution in [0.4, 0.5) is 0 Å². The Morgan fingerprint density at radius 1 is 1.18 bits per heavy atom. The number of amides is 1. The minimum atomic E-state index is -0.403. The molecule has 3 N–H and O–H groups in total. The monoisotopic (exact) mass is 381 g/mol. The van der Waals surface area contributed by atoms with E-state index < -0.39 is 5.97 Å². The Labute approximate surface area is 164 Å². The van der Waals surface area contributed by atoms with Crippen molar-refractivity contribution in [3.05, 3.63) is 58.5 Å². The van der Waals surface area contributed by atoms with Crippen LogP contribution in [0.25, 0.3) is 10.9 Å². The zero-order chi connectivity index (χ0) is 20.3. The highest BCUT2D eigenvalue weighted by molar-refractivity contribution is 6.00. The molecule has 0 aliphatic carbocycles. The Hall–Kier alpha value is -3.02. The van der Waals surface area contributed by atoms with E-state index in [1.54, 1.807) is 27.7 Å². The van der Waals surface area contributed by atoms with Crippen LogP contribution in [-0.4, -0.2) is 34.5 Å². The van der Waals surface area contributed by atoms with Gasteiger partial charge in [-0.3, -0.25) is 4.79 Å². The highest BCUT2D eigenvalue weighted by Crippen LogP contribution is 2.20. The third-order valence-corrected chi connectivity index (χ3v) is 4.79. The fraction of sp³-hybridized carbons (Fsp3) is 0.364. The van der Waals surface area contributed by atoms with Gasteiger partial charge in [0, 0.05) is 29.3 Å². The van der Waals surface area contributed by atoms with Crippen molar-refractivity contribution in [2.75, 3.05) is 6.54 Å². The van der Waals surface area contributed by atoms with E-state index in [-0.39, 0.29) is 12.0 Å². The second kappa shape index (κ2) is 8.33. The molecule has 2 aromatic heterocycles. The number of rotatable bonds is 7. The summed E-state index contributed by atoms with van der Waals surface area (Å²) in [5, 5.41) is 4.16. The summed E-state index contributed by atoms with van der Waals surface area (Å²) in [5.74, 6) is -0.609. The molecule has 3 aromatic rings. The Morgan fingerprint density at radius 3 is 2.68 bits per heavy atom. The van der Waals surface area contributed by atoms with Crippen molar-refractivity contribution in [1.82, 2.24) is 15.3 Å². The molecule has 1 amide bonds. The van der Waals surface area contributed by atoms with Crippen LogP contribution in [-0.2, 0) is 11.2 Å². The number of hydrogen-bond donors (Lipinski definition) is 3. The van der Waals surface area contributed by atoms with Gasteiger partial charge in [-0.2, -0.15) is 0 Å². The molecule has 28 heavy (non-hydrogen) atoms. The molecular formula is C22H27N3O3. The zero-order valence-electron chi connectivity index (χ0n) is 16.8. The lowest BCUT2D eigenvalue weighted by atomic mass is 10.1. The van der Waals surface area contributed by atoms with Gasteiger partial charge in [-0.05, 0) is 57.7 Å². The fourth-order valence-corrected chi connectivity index (χ4v) is 3.46. The second-order valence-electron chi connectivity index (χ2n) is 7.30. The summed E-state index contributed by atoms with van der Waals surface area (Å²) in [7, 11) is 0. The summed E-state index contributed by atoms with van der Waals surface area (Å²) >= 11 is 0. The average Bonchev–Trinajstić information content (AvgIpc) is 3.18. The van der Waals surface area contributed by atoms with Gasteiger partial charge in [0.05, 0.1) is 11.7 Å². The minimum Gasteiger partial charge on any atom is -0.459 e. The van der Waals surface area contributed by atoms with Crippen LogP contribution in [0.5, 0.6) is 0 Å². The molecular weight excluding hydrogens is 354 g/mol. The number of hydrogen-bond acceptors (Lipinski definition) is 3. The molecule has 0 saturated heterocycles. The van der Waals surface area contributed by atoms with Gasteiger partial charge < -0.3 is 20.0 Å². The molecule has 0 saturated carbocycles. The van der Waals surface area contributed by atoms with E-state index in [0.717, 1.165) is 18.4 Å². The predicted molar refractivity (Wildman–Crippen MR) is 110 cm³/mol. The normalized spacial score (nSPS) is 11.2. The smallest absolute Gasteiger partial charge is 0.340 e. The Balaban J connectivity index is 1.58. The van der Waals surface area contributed by atoms with Crippen molar-refractivity contribution < 1.29 is 14.3 Å². The van der Waals surface area contributed by atoms with Gasteiger partial charge in [-0.25, -0.2) is 4.79 Å². The second-order valence-corrected chi connectivity index (χ2v) is 7.30. The number of fused-ring (bicyclic) bond motifs is 1. The molecule has 0 aliphatic rings. The summed E-state index contributed by atoms with van der Waals surface area (Å²) in [6.45, 7) is 7.70. The highest BCUT2D eigenvalue weighted by Gasteiger charge is 2.23. The number of ether oxygens (including phenoxy) is 1. The molecule has 3 rings (SSSR count). The summed E-state index contributed by atoms with van der Waals surface area (Å²) in [6.07, 6.45) is 3.52. The highest BCUT2D eigenvalue weighted by atomic mass is 16.5. The van der Waals surface area contributed by atoms with Crippen LogP contribution in [0.1, 0.15) is 57.9 Å². The first-order valence-electron chi connectivity index (χ1n) is 9.61.